The molecule has 68 valence electrons. The summed E-state index contributed by atoms with van der Waals surface area (Å²) in [5, 5.41) is 7.57. The second kappa shape index (κ2) is 6.80. The average molecular weight is 168 g/mol. The standard InChI is InChI=1S/C8H12N.C2H6O/c1-3-9-6-4-8(2)5-7-9;1-2-3/h4-7H,3H2,1-2H3;3H,2H2,1H3/q+1;. The van der Waals surface area contributed by atoms with Gasteiger partial charge in [0.05, 0.1) is 0 Å². The summed E-state index contributed by atoms with van der Waals surface area (Å²) in [5.41, 5.74) is 1.32. The summed E-state index contributed by atoms with van der Waals surface area (Å²) < 4.78 is 2.15. The van der Waals surface area contributed by atoms with Gasteiger partial charge in [-0.1, -0.05) is 0 Å². The second-order valence-corrected chi connectivity index (χ2v) is 2.52. The fraction of sp³-hybridized carbons (Fsp3) is 0.500. The summed E-state index contributed by atoms with van der Waals surface area (Å²) in [6.45, 7) is 7.22. The Morgan fingerprint density at radius 2 is 1.67 bits per heavy atom. The number of hydrogen-bond donors (Lipinski definition) is 1. The van der Waals surface area contributed by atoms with Gasteiger partial charge in [0, 0.05) is 18.7 Å². The van der Waals surface area contributed by atoms with E-state index in [9.17, 15) is 0 Å². The fourth-order valence-corrected chi connectivity index (χ4v) is 0.743. The summed E-state index contributed by atoms with van der Waals surface area (Å²) in [6, 6.07) is 4.23. The predicted molar refractivity (Wildman–Crippen MR) is 49.8 cm³/mol. The number of aliphatic hydroxyl groups excluding tert-OH is 1. The molecule has 2 heteroatoms. The van der Waals surface area contributed by atoms with Crippen molar-refractivity contribution in [3.63, 3.8) is 0 Å². The van der Waals surface area contributed by atoms with Crippen LogP contribution in [0.15, 0.2) is 24.5 Å². The van der Waals surface area contributed by atoms with Crippen molar-refractivity contribution in [2.45, 2.75) is 27.3 Å². The third kappa shape index (κ3) is 4.85. The first-order valence-corrected chi connectivity index (χ1v) is 4.31. The second-order valence-electron chi connectivity index (χ2n) is 2.52. The van der Waals surface area contributed by atoms with E-state index in [-0.39, 0.29) is 6.61 Å². The van der Waals surface area contributed by atoms with Crippen LogP contribution in [0.5, 0.6) is 0 Å². The quantitative estimate of drug-likeness (QED) is 0.628. The highest BCUT2D eigenvalue weighted by molar-refractivity contribution is 5.02. The van der Waals surface area contributed by atoms with E-state index < -0.39 is 0 Å². The lowest BCUT2D eigenvalue weighted by Crippen LogP contribution is -2.30. The van der Waals surface area contributed by atoms with Crippen molar-refractivity contribution in [2.75, 3.05) is 6.61 Å². The summed E-state index contributed by atoms with van der Waals surface area (Å²) >= 11 is 0. The maximum atomic E-state index is 7.57. The van der Waals surface area contributed by atoms with Crippen LogP contribution < -0.4 is 4.57 Å². The van der Waals surface area contributed by atoms with Crippen LogP contribution in [-0.2, 0) is 6.54 Å². The number of hydrogen-bond acceptors (Lipinski definition) is 1. The van der Waals surface area contributed by atoms with Crippen LogP contribution >= 0.6 is 0 Å². The molecule has 0 unspecified atom stereocenters. The number of rotatable bonds is 1. The smallest absolute Gasteiger partial charge is 0.169 e. The molecule has 0 saturated carbocycles. The molecule has 0 saturated heterocycles. The van der Waals surface area contributed by atoms with Gasteiger partial charge in [-0.2, -0.15) is 0 Å². The van der Waals surface area contributed by atoms with E-state index in [0.717, 1.165) is 6.54 Å². The number of aliphatic hydroxyl groups is 1. The maximum Gasteiger partial charge on any atom is 0.169 e. The minimum absolute atomic E-state index is 0.250. The molecule has 0 spiro atoms. The number of pyridine rings is 1. The molecule has 0 aromatic carbocycles. The van der Waals surface area contributed by atoms with Gasteiger partial charge in [0.15, 0.2) is 12.4 Å². The summed E-state index contributed by atoms with van der Waals surface area (Å²) in [6.07, 6.45) is 4.19. The number of aryl methyl sites for hydroxylation is 2. The van der Waals surface area contributed by atoms with Crippen molar-refractivity contribution in [3.05, 3.63) is 30.1 Å². The molecule has 12 heavy (non-hydrogen) atoms. The zero-order valence-corrected chi connectivity index (χ0v) is 8.12. The van der Waals surface area contributed by atoms with Crippen molar-refractivity contribution < 1.29 is 9.67 Å². The molecule has 0 atom stereocenters. The molecule has 0 aliphatic heterocycles. The van der Waals surface area contributed by atoms with Crippen molar-refractivity contribution in [2.24, 2.45) is 0 Å². The Kier molecular flexibility index (Phi) is 6.29. The molecule has 0 aliphatic carbocycles. The molecule has 0 bridgehead atoms. The van der Waals surface area contributed by atoms with Crippen molar-refractivity contribution in [3.8, 4) is 0 Å². The van der Waals surface area contributed by atoms with E-state index in [0.29, 0.717) is 0 Å². The van der Waals surface area contributed by atoms with E-state index >= 15 is 0 Å². The third-order valence-corrected chi connectivity index (χ3v) is 1.42. The van der Waals surface area contributed by atoms with E-state index in [1.165, 1.54) is 5.56 Å². The Balaban J connectivity index is 0.000000354. The molecule has 1 aromatic heterocycles. The average Bonchev–Trinajstić information content (AvgIpc) is 2.07. The molecule has 1 aromatic rings. The van der Waals surface area contributed by atoms with Gasteiger partial charge in [0.25, 0.3) is 0 Å². The monoisotopic (exact) mass is 168 g/mol. The van der Waals surface area contributed by atoms with Crippen LogP contribution in [0.4, 0.5) is 0 Å². The van der Waals surface area contributed by atoms with Gasteiger partial charge in [-0.25, -0.2) is 4.57 Å². The Labute approximate surface area is 74.5 Å². The lowest BCUT2D eigenvalue weighted by molar-refractivity contribution is -0.693. The Morgan fingerprint density at radius 3 is 2.00 bits per heavy atom. The van der Waals surface area contributed by atoms with E-state index in [2.05, 4.69) is 42.9 Å². The highest BCUT2D eigenvalue weighted by Gasteiger charge is 1.90. The first-order valence-electron chi connectivity index (χ1n) is 4.31. The van der Waals surface area contributed by atoms with Crippen LogP contribution in [0.2, 0.25) is 0 Å². The van der Waals surface area contributed by atoms with Gasteiger partial charge < -0.3 is 5.11 Å². The van der Waals surface area contributed by atoms with Crippen molar-refractivity contribution in [1.29, 1.82) is 0 Å². The van der Waals surface area contributed by atoms with Gasteiger partial charge >= 0.3 is 0 Å². The molecule has 1 heterocycles. The zero-order chi connectivity index (χ0) is 9.40. The van der Waals surface area contributed by atoms with Crippen molar-refractivity contribution >= 4 is 0 Å². The molecule has 0 aliphatic rings. The summed E-state index contributed by atoms with van der Waals surface area (Å²) in [4.78, 5) is 0. The molecule has 0 radical (unpaired) electrons. The topological polar surface area (TPSA) is 24.1 Å². The molecular formula is C10H18NO+. The lowest BCUT2D eigenvalue weighted by atomic mass is 10.3. The number of nitrogens with zero attached hydrogens (tertiary/aromatic N) is 1. The highest BCUT2D eigenvalue weighted by Crippen LogP contribution is 1.88. The van der Waals surface area contributed by atoms with Gasteiger partial charge in [0.2, 0.25) is 0 Å². The molecule has 0 amide bonds. The zero-order valence-electron chi connectivity index (χ0n) is 8.12. The molecule has 0 fully saturated rings. The summed E-state index contributed by atoms with van der Waals surface area (Å²) in [7, 11) is 0. The molecule has 2 nitrogen and oxygen atoms in total. The first kappa shape index (κ1) is 11.1. The highest BCUT2D eigenvalue weighted by atomic mass is 16.2. The molecule has 1 rings (SSSR count). The van der Waals surface area contributed by atoms with Crippen LogP contribution in [-0.4, -0.2) is 11.7 Å². The minimum atomic E-state index is 0.250. The minimum Gasteiger partial charge on any atom is -0.397 e. The molecule has 1 N–H and O–H groups in total. The predicted octanol–water partition coefficient (Wildman–Crippen LogP) is 1.30. The lowest BCUT2D eigenvalue weighted by Gasteiger charge is -1.89. The van der Waals surface area contributed by atoms with Gasteiger partial charge in [0.1, 0.15) is 6.54 Å². The van der Waals surface area contributed by atoms with Crippen LogP contribution in [0.3, 0.4) is 0 Å². The van der Waals surface area contributed by atoms with Gasteiger partial charge in [-0.05, 0) is 26.3 Å². The normalized spacial score (nSPS) is 8.67. The summed E-state index contributed by atoms with van der Waals surface area (Å²) in [5.74, 6) is 0. The Morgan fingerprint density at radius 1 is 1.25 bits per heavy atom. The largest absolute Gasteiger partial charge is 0.397 e. The van der Waals surface area contributed by atoms with E-state index in [4.69, 9.17) is 5.11 Å². The van der Waals surface area contributed by atoms with Crippen LogP contribution in [0, 0.1) is 6.92 Å². The van der Waals surface area contributed by atoms with Crippen LogP contribution in [0.25, 0.3) is 0 Å². The van der Waals surface area contributed by atoms with Gasteiger partial charge in [-0.3, -0.25) is 0 Å². The van der Waals surface area contributed by atoms with E-state index in [1.54, 1.807) is 6.92 Å². The first-order chi connectivity index (χ1) is 5.74. The Hall–Kier alpha value is -0.890. The van der Waals surface area contributed by atoms with Crippen molar-refractivity contribution in [1.82, 2.24) is 0 Å². The van der Waals surface area contributed by atoms with Crippen LogP contribution in [0.1, 0.15) is 19.4 Å². The fourth-order valence-electron chi connectivity index (χ4n) is 0.743. The number of aromatic nitrogens is 1. The maximum absolute atomic E-state index is 7.57. The Bertz CT molecular complexity index is 193. The SMILES string of the molecule is CCO.CC[n+]1ccc(C)cc1. The van der Waals surface area contributed by atoms with Gasteiger partial charge in [-0.15, -0.1) is 0 Å². The van der Waals surface area contributed by atoms with E-state index in [1.807, 2.05) is 0 Å². The molecular weight excluding hydrogens is 150 g/mol. The third-order valence-electron chi connectivity index (χ3n) is 1.42.